The summed E-state index contributed by atoms with van der Waals surface area (Å²) in [6.45, 7) is 6.20. The number of halogens is 1. The van der Waals surface area contributed by atoms with Crippen LogP contribution in [-0.2, 0) is 0 Å². The maximum absolute atomic E-state index is 6.10. The Morgan fingerprint density at radius 1 is 1.42 bits per heavy atom. The number of aromatic nitrogens is 2. The molecule has 0 spiro atoms. The summed E-state index contributed by atoms with van der Waals surface area (Å²) < 4.78 is 6.33. The first kappa shape index (κ1) is 14.2. The van der Waals surface area contributed by atoms with Crippen LogP contribution in [0.15, 0.2) is 27.2 Å². The van der Waals surface area contributed by atoms with Crippen LogP contribution < -0.4 is 5.73 Å². The highest BCUT2D eigenvalue weighted by Crippen LogP contribution is 2.26. The molecule has 2 aromatic rings. The fraction of sp³-hybridized carbons (Fsp3) is 0.429. The van der Waals surface area contributed by atoms with Gasteiger partial charge in [0.05, 0.1) is 6.04 Å². The van der Waals surface area contributed by atoms with Crippen molar-refractivity contribution in [1.82, 2.24) is 10.1 Å². The van der Waals surface area contributed by atoms with Crippen molar-refractivity contribution in [3.63, 3.8) is 0 Å². The lowest BCUT2D eigenvalue weighted by Gasteiger charge is -2.13. The van der Waals surface area contributed by atoms with Gasteiger partial charge in [0.1, 0.15) is 0 Å². The first-order valence-electron chi connectivity index (χ1n) is 6.38. The van der Waals surface area contributed by atoms with Gasteiger partial charge in [0.2, 0.25) is 11.7 Å². The Hall–Kier alpha value is -1.20. The molecule has 1 aromatic heterocycles. The van der Waals surface area contributed by atoms with Crippen molar-refractivity contribution in [3.8, 4) is 11.4 Å². The van der Waals surface area contributed by atoms with Crippen LogP contribution in [0.1, 0.15) is 37.8 Å². The molecule has 19 heavy (non-hydrogen) atoms. The summed E-state index contributed by atoms with van der Waals surface area (Å²) in [5, 5.41) is 4.03. The second-order valence-corrected chi connectivity index (χ2v) is 5.74. The van der Waals surface area contributed by atoms with Crippen molar-refractivity contribution >= 4 is 15.9 Å². The average Bonchev–Trinajstić information content (AvgIpc) is 2.86. The average molecular weight is 324 g/mol. The summed E-state index contributed by atoms with van der Waals surface area (Å²) in [6, 6.07) is 5.76. The molecular formula is C14H18BrN3O. The summed E-state index contributed by atoms with van der Waals surface area (Å²) >= 11 is 3.44. The SMILES string of the molecule is CCC(C)[C@H](N)c1nc(-c2ccc(Br)cc2C)no1. The maximum Gasteiger partial charge on any atom is 0.244 e. The van der Waals surface area contributed by atoms with Gasteiger partial charge in [0, 0.05) is 10.0 Å². The van der Waals surface area contributed by atoms with Crippen LogP contribution in [0.25, 0.3) is 11.4 Å². The lowest BCUT2D eigenvalue weighted by molar-refractivity contribution is 0.312. The van der Waals surface area contributed by atoms with Gasteiger partial charge in [-0.1, -0.05) is 41.4 Å². The standard InChI is InChI=1S/C14H18BrN3O/c1-4-8(2)12(16)14-17-13(18-19-14)11-6-5-10(15)7-9(11)3/h5-8,12H,4,16H2,1-3H3/t8?,12-/m0/s1. The summed E-state index contributed by atoms with van der Waals surface area (Å²) in [4.78, 5) is 4.42. The molecule has 0 saturated heterocycles. The largest absolute Gasteiger partial charge is 0.337 e. The van der Waals surface area contributed by atoms with Crippen molar-refractivity contribution in [2.75, 3.05) is 0 Å². The molecule has 0 aliphatic rings. The highest BCUT2D eigenvalue weighted by molar-refractivity contribution is 9.10. The number of aryl methyl sites for hydroxylation is 1. The van der Waals surface area contributed by atoms with Crippen LogP contribution in [0.3, 0.4) is 0 Å². The van der Waals surface area contributed by atoms with Crippen LogP contribution in [0.4, 0.5) is 0 Å². The minimum absolute atomic E-state index is 0.206. The fourth-order valence-corrected chi connectivity index (χ4v) is 2.33. The van der Waals surface area contributed by atoms with E-state index in [0.717, 1.165) is 22.0 Å². The van der Waals surface area contributed by atoms with Crippen LogP contribution in [0.5, 0.6) is 0 Å². The predicted octanol–water partition coefficient (Wildman–Crippen LogP) is 3.85. The third-order valence-corrected chi connectivity index (χ3v) is 3.91. The van der Waals surface area contributed by atoms with Gasteiger partial charge < -0.3 is 10.3 Å². The number of benzene rings is 1. The number of rotatable bonds is 4. The first-order chi connectivity index (χ1) is 9.02. The molecular weight excluding hydrogens is 306 g/mol. The molecule has 102 valence electrons. The van der Waals surface area contributed by atoms with Gasteiger partial charge >= 0.3 is 0 Å². The minimum Gasteiger partial charge on any atom is -0.337 e. The summed E-state index contributed by atoms with van der Waals surface area (Å²) in [6.07, 6.45) is 0.982. The third kappa shape index (κ3) is 3.04. The second kappa shape index (κ2) is 5.84. The number of nitrogens with zero attached hydrogens (tertiary/aromatic N) is 2. The quantitative estimate of drug-likeness (QED) is 0.927. The summed E-state index contributed by atoms with van der Waals surface area (Å²) in [7, 11) is 0. The van der Waals surface area contributed by atoms with E-state index >= 15 is 0 Å². The van der Waals surface area contributed by atoms with Crippen molar-refractivity contribution in [2.45, 2.75) is 33.2 Å². The van der Waals surface area contributed by atoms with Gasteiger partial charge in [-0.2, -0.15) is 4.98 Å². The zero-order valence-electron chi connectivity index (χ0n) is 11.4. The van der Waals surface area contributed by atoms with Crippen LogP contribution in [-0.4, -0.2) is 10.1 Å². The molecule has 5 heteroatoms. The van der Waals surface area contributed by atoms with E-state index < -0.39 is 0 Å². The Balaban J connectivity index is 2.30. The van der Waals surface area contributed by atoms with Crippen molar-refractivity contribution in [1.29, 1.82) is 0 Å². The van der Waals surface area contributed by atoms with Gasteiger partial charge in [0.25, 0.3) is 0 Å². The monoisotopic (exact) mass is 323 g/mol. The zero-order chi connectivity index (χ0) is 14.0. The Morgan fingerprint density at radius 2 is 2.16 bits per heavy atom. The van der Waals surface area contributed by atoms with E-state index in [0.29, 0.717) is 17.6 Å². The molecule has 0 aliphatic carbocycles. The number of hydrogen-bond donors (Lipinski definition) is 1. The van der Waals surface area contributed by atoms with E-state index in [2.05, 4.69) is 39.9 Å². The van der Waals surface area contributed by atoms with Gasteiger partial charge in [-0.25, -0.2) is 0 Å². The maximum atomic E-state index is 6.10. The van der Waals surface area contributed by atoms with Crippen molar-refractivity contribution in [2.24, 2.45) is 11.7 Å². The van der Waals surface area contributed by atoms with Gasteiger partial charge in [-0.3, -0.25) is 0 Å². The predicted molar refractivity (Wildman–Crippen MR) is 78.6 cm³/mol. The molecule has 1 aromatic carbocycles. The molecule has 4 nitrogen and oxygen atoms in total. The van der Waals surface area contributed by atoms with E-state index in [-0.39, 0.29) is 6.04 Å². The Bertz CT molecular complexity index is 568. The van der Waals surface area contributed by atoms with E-state index in [1.54, 1.807) is 0 Å². The van der Waals surface area contributed by atoms with E-state index in [1.165, 1.54) is 0 Å². The van der Waals surface area contributed by atoms with Crippen LogP contribution in [0, 0.1) is 12.8 Å². The van der Waals surface area contributed by atoms with Gasteiger partial charge in [-0.05, 0) is 36.6 Å². The molecule has 2 N–H and O–H groups in total. The van der Waals surface area contributed by atoms with Crippen molar-refractivity contribution in [3.05, 3.63) is 34.1 Å². The molecule has 0 saturated carbocycles. The van der Waals surface area contributed by atoms with Gasteiger partial charge in [-0.15, -0.1) is 0 Å². The molecule has 1 unspecified atom stereocenters. The molecule has 0 radical (unpaired) electrons. The highest BCUT2D eigenvalue weighted by atomic mass is 79.9. The minimum atomic E-state index is -0.206. The topological polar surface area (TPSA) is 64.9 Å². The third-order valence-electron chi connectivity index (χ3n) is 3.41. The second-order valence-electron chi connectivity index (χ2n) is 4.83. The number of hydrogen-bond acceptors (Lipinski definition) is 4. The molecule has 0 aliphatic heterocycles. The lowest BCUT2D eigenvalue weighted by atomic mass is 10.0. The van der Waals surface area contributed by atoms with Gasteiger partial charge in [0.15, 0.2) is 0 Å². The van der Waals surface area contributed by atoms with E-state index in [9.17, 15) is 0 Å². The molecule has 0 fully saturated rings. The Morgan fingerprint density at radius 3 is 2.79 bits per heavy atom. The van der Waals surface area contributed by atoms with E-state index in [4.69, 9.17) is 10.3 Å². The van der Waals surface area contributed by atoms with Crippen LogP contribution >= 0.6 is 15.9 Å². The first-order valence-corrected chi connectivity index (χ1v) is 7.18. The normalized spacial score (nSPS) is 14.4. The Labute approximate surface area is 121 Å². The van der Waals surface area contributed by atoms with E-state index in [1.807, 2.05) is 25.1 Å². The molecule has 0 amide bonds. The highest BCUT2D eigenvalue weighted by Gasteiger charge is 2.20. The molecule has 2 rings (SSSR count). The molecule has 2 atom stereocenters. The molecule has 0 bridgehead atoms. The smallest absolute Gasteiger partial charge is 0.244 e. The summed E-state index contributed by atoms with van der Waals surface area (Å²) in [5.41, 5.74) is 8.16. The van der Waals surface area contributed by atoms with Crippen molar-refractivity contribution < 1.29 is 4.52 Å². The fourth-order valence-electron chi connectivity index (χ4n) is 1.86. The molecule has 1 heterocycles. The number of nitrogens with two attached hydrogens (primary N) is 1. The summed E-state index contributed by atoms with van der Waals surface area (Å²) in [5.74, 6) is 1.42. The lowest BCUT2D eigenvalue weighted by Crippen LogP contribution is -2.18. The van der Waals surface area contributed by atoms with Crippen LogP contribution in [0.2, 0.25) is 0 Å². The zero-order valence-corrected chi connectivity index (χ0v) is 12.9. The Kier molecular flexibility index (Phi) is 4.37.